The van der Waals surface area contributed by atoms with Crippen LogP contribution in [0.5, 0.6) is 5.75 Å². The Morgan fingerprint density at radius 1 is 1.13 bits per heavy atom. The Hall–Kier alpha value is -4.04. The van der Waals surface area contributed by atoms with E-state index in [9.17, 15) is 15.0 Å². The van der Waals surface area contributed by atoms with Crippen LogP contribution >= 0.6 is 0 Å². The molecule has 0 radical (unpaired) electrons. The van der Waals surface area contributed by atoms with Crippen LogP contribution in [0.25, 0.3) is 16.7 Å². The van der Waals surface area contributed by atoms with Gasteiger partial charge in [0.15, 0.2) is 5.75 Å². The highest BCUT2D eigenvalue weighted by Crippen LogP contribution is 2.28. The molecule has 0 fully saturated rings. The van der Waals surface area contributed by atoms with Crippen molar-refractivity contribution in [2.75, 3.05) is 13.7 Å². The van der Waals surface area contributed by atoms with Crippen LogP contribution in [-0.4, -0.2) is 51.1 Å². The van der Waals surface area contributed by atoms with Crippen molar-refractivity contribution < 1.29 is 19.7 Å². The first kappa shape index (κ1) is 20.2. The molecule has 156 valence electrons. The number of rotatable bonds is 6. The molecule has 0 unspecified atom stereocenters. The number of hydrogen-bond acceptors (Lipinski definition) is 7. The number of aliphatic hydroxyl groups excluding tert-OH is 1. The van der Waals surface area contributed by atoms with Gasteiger partial charge in [-0.25, -0.2) is 4.79 Å². The van der Waals surface area contributed by atoms with E-state index in [1.807, 2.05) is 30.3 Å². The summed E-state index contributed by atoms with van der Waals surface area (Å²) in [5, 5.41) is 29.1. The molecular formula is C23H20N4O4. The standard InChI is InChI=1S/C23H20N4O4/c1-31-23(30)18-8-5-9-19-21(18)26-27(25-19)20-13-15(10-11-28)12-16(22(20)29)14-24-17-6-3-2-4-7-17/h2-9,12-14,28-29H,10-11H2,1H3. The highest BCUT2D eigenvalue weighted by molar-refractivity contribution is 6.01. The third-order valence-corrected chi connectivity index (χ3v) is 4.72. The number of benzene rings is 3. The summed E-state index contributed by atoms with van der Waals surface area (Å²) in [5.41, 5.74) is 3.41. The van der Waals surface area contributed by atoms with E-state index in [0.29, 0.717) is 28.7 Å². The molecule has 2 N–H and O–H groups in total. The van der Waals surface area contributed by atoms with E-state index in [1.165, 1.54) is 11.9 Å². The third-order valence-electron chi connectivity index (χ3n) is 4.72. The number of fused-ring (bicyclic) bond motifs is 1. The largest absolute Gasteiger partial charge is 0.505 e. The number of ether oxygens (including phenoxy) is 1. The fourth-order valence-corrected chi connectivity index (χ4v) is 3.20. The topological polar surface area (TPSA) is 110 Å². The average molecular weight is 416 g/mol. The fourth-order valence-electron chi connectivity index (χ4n) is 3.20. The van der Waals surface area contributed by atoms with E-state index in [1.54, 1.807) is 36.5 Å². The Morgan fingerprint density at radius 2 is 1.94 bits per heavy atom. The van der Waals surface area contributed by atoms with Crippen LogP contribution in [0.1, 0.15) is 21.5 Å². The van der Waals surface area contributed by atoms with Crippen LogP contribution < -0.4 is 0 Å². The first-order chi connectivity index (χ1) is 15.1. The van der Waals surface area contributed by atoms with Gasteiger partial charge in [-0.05, 0) is 48.4 Å². The molecule has 0 amide bonds. The second-order valence-electron chi connectivity index (χ2n) is 6.77. The van der Waals surface area contributed by atoms with Gasteiger partial charge in [0.2, 0.25) is 0 Å². The molecule has 3 aromatic carbocycles. The van der Waals surface area contributed by atoms with Crippen LogP contribution in [0.2, 0.25) is 0 Å². The average Bonchev–Trinajstić information content (AvgIpc) is 3.23. The summed E-state index contributed by atoms with van der Waals surface area (Å²) in [5.74, 6) is -0.590. The highest BCUT2D eigenvalue weighted by atomic mass is 16.5. The zero-order chi connectivity index (χ0) is 21.8. The molecule has 0 atom stereocenters. The minimum absolute atomic E-state index is 0.0551. The number of aliphatic hydroxyl groups is 1. The number of aliphatic imine (C=N–C) groups is 1. The number of carbonyl (C=O) groups excluding carboxylic acids is 1. The van der Waals surface area contributed by atoms with Crippen molar-refractivity contribution >= 4 is 28.9 Å². The Kier molecular flexibility index (Phi) is 5.72. The van der Waals surface area contributed by atoms with Gasteiger partial charge in [0.05, 0.1) is 18.4 Å². The Morgan fingerprint density at radius 3 is 2.68 bits per heavy atom. The summed E-state index contributed by atoms with van der Waals surface area (Å²) in [6.45, 7) is -0.0551. The minimum Gasteiger partial charge on any atom is -0.505 e. The molecule has 0 bridgehead atoms. The van der Waals surface area contributed by atoms with E-state index in [2.05, 4.69) is 15.2 Å². The summed E-state index contributed by atoms with van der Waals surface area (Å²) in [6, 6.07) is 17.8. The number of carbonyl (C=O) groups is 1. The second kappa shape index (κ2) is 8.76. The maximum absolute atomic E-state index is 12.1. The monoisotopic (exact) mass is 416 g/mol. The van der Waals surface area contributed by atoms with Crippen LogP contribution in [0.15, 0.2) is 65.7 Å². The van der Waals surface area contributed by atoms with Gasteiger partial charge in [0.25, 0.3) is 0 Å². The molecule has 1 heterocycles. The van der Waals surface area contributed by atoms with Gasteiger partial charge in [-0.3, -0.25) is 4.99 Å². The lowest BCUT2D eigenvalue weighted by atomic mass is 10.1. The molecule has 8 nitrogen and oxygen atoms in total. The lowest BCUT2D eigenvalue weighted by Crippen LogP contribution is -2.04. The van der Waals surface area contributed by atoms with Crippen molar-refractivity contribution in [3.05, 3.63) is 77.4 Å². The van der Waals surface area contributed by atoms with Gasteiger partial charge in [0, 0.05) is 18.4 Å². The minimum atomic E-state index is -0.522. The SMILES string of the molecule is COC(=O)c1cccc2nn(-c3cc(CCO)cc(C=Nc4ccccc4)c3O)nc12. The molecule has 0 aliphatic rings. The number of nitrogens with zero attached hydrogens (tertiary/aromatic N) is 4. The van der Waals surface area contributed by atoms with Gasteiger partial charge >= 0.3 is 5.97 Å². The molecule has 1 aromatic heterocycles. The smallest absolute Gasteiger partial charge is 0.340 e. The summed E-state index contributed by atoms with van der Waals surface area (Å²) in [4.78, 5) is 17.7. The van der Waals surface area contributed by atoms with E-state index in [4.69, 9.17) is 4.74 Å². The van der Waals surface area contributed by atoms with Crippen LogP contribution in [0.3, 0.4) is 0 Å². The second-order valence-corrected chi connectivity index (χ2v) is 6.77. The number of phenolic OH excluding ortho intramolecular Hbond substituents is 1. The summed E-state index contributed by atoms with van der Waals surface area (Å²) in [7, 11) is 1.30. The molecule has 0 aliphatic carbocycles. The third kappa shape index (κ3) is 4.15. The molecule has 4 rings (SSSR count). The van der Waals surface area contributed by atoms with E-state index in [-0.39, 0.29) is 17.9 Å². The molecule has 0 saturated heterocycles. The maximum atomic E-state index is 12.1. The first-order valence-electron chi connectivity index (χ1n) is 9.61. The molecule has 31 heavy (non-hydrogen) atoms. The number of aromatic nitrogens is 3. The zero-order valence-electron chi connectivity index (χ0n) is 16.8. The quantitative estimate of drug-likeness (QED) is 0.369. The van der Waals surface area contributed by atoms with Gasteiger partial charge < -0.3 is 14.9 Å². The molecule has 0 aliphatic heterocycles. The van der Waals surface area contributed by atoms with Crippen LogP contribution in [0.4, 0.5) is 5.69 Å². The number of hydrogen-bond donors (Lipinski definition) is 2. The Balaban J connectivity index is 1.83. The molecule has 4 aromatic rings. The normalized spacial score (nSPS) is 11.3. The van der Waals surface area contributed by atoms with Crippen molar-refractivity contribution in [1.82, 2.24) is 15.0 Å². The predicted molar refractivity (Wildman–Crippen MR) is 116 cm³/mol. The van der Waals surface area contributed by atoms with Gasteiger partial charge in [-0.1, -0.05) is 24.3 Å². The van der Waals surface area contributed by atoms with Gasteiger partial charge in [-0.2, -0.15) is 0 Å². The summed E-state index contributed by atoms with van der Waals surface area (Å²) in [6.07, 6.45) is 1.94. The number of para-hydroxylation sites is 1. The van der Waals surface area contributed by atoms with Gasteiger partial charge in [-0.15, -0.1) is 15.0 Å². The number of methoxy groups -OCH3 is 1. The summed E-state index contributed by atoms with van der Waals surface area (Å²) >= 11 is 0. The first-order valence-corrected chi connectivity index (χ1v) is 9.61. The number of esters is 1. The zero-order valence-corrected chi connectivity index (χ0v) is 16.8. The lowest BCUT2D eigenvalue weighted by molar-refractivity contribution is 0.0602. The maximum Gasteiger partial charge on any atom is 0.340 e. The van der Waals surface area contributed by atoms with E-state index < -0.39 is 5.97 Å². The summed E-state index contributed by atoms with van der Waals surface area (Å²) < 4.78 is 4.82. The molecular weight excluding hydrogens is 396 g/mol. The number of phenols is 1. The highest BCUT2D eigenvalue weighted by Gasteiger charge is 2.18. The van der Waals surface area contributed by atoms with Crippen molar-refractivity contribution in [3.8, 4) is 11.4 Å². The van der Waals surface area contributed by atoms with E-state index >= 15 is 0 Å². The number of aromatic hydroxyl groups is 1. The van der Waals surface area contributed by atoms with Crippen molar-refractivity contribution in [3.63, 3.8) is 0 Å². The fraction of sp³-hybridized carbons (Fsp3) is 0.130. The molecule has 0 spiro atoms. The van der Waals surface area contributed by atoms with Crippen LogP contribution in [0, 0.1) is 0 Å². The van der Waals surface area contributed by atoms with Crippen LogP contribution in [-0.2, 0) is 11.2 Å². The molecule has 0 saturated carbocycles. The van der Waals surface area contributed by atoms with Crippen molar-refractivity contribution in [1.29, 1.82) is 0 Å². The van der Waals surface area contributed by atoms with E-state index in [0.717, 1.165) is 11.3 Å². The predicted octanol–water partition coefficient (Wildman–Crippen LogP) is 3.20. The Bertz CT molecular complexity index is 1270. The molecule has 8 heteroatoms. The van der Waals surface area contributed by atoms with Gasteiger partial charge in [0.1, 0.15) is 16.7 Å². The lowest BCUT2D eigenvalue weighted by Gasteiger charge is -2.09. The van der Waals surface area contributed by atoms with Crippen molar-refractivity contribution in [2.45, 2.75) is 6.42 Å². The Labute approximate surface area is 178 Å². The van der Waals surface area contributed by atoms with Crippen molar-refractivity contribution in [2.24, 2.45) is 4.99 Å².